The molecule has 3 aliphatic heterocycles. The SMILES string of the molecule is CCCCCCCCCCCCCCCCCCCCCCCCCC(O)C(COC1OC(CO)C(OC2OC(CO)C(O)C(OC3(C(=O)O)CC(O)C(NC(C)=O)C(C(O)C(O)CO)O3)C2O)C(O)C1O)NC(=O)CCCCCCCCCCCCC. The summed E-state index contributed by atoms with van der Waals surface area (Å²) in [6.45, 7) is 2.20. The fraction of sp³-hybridized carbons (Fsp3) is 0.954. The van der Waals surface area contributed by atoms with Crippen molar-refractivity contribution in [3.8, 4) is 0 Å². The third-order valence-electron chi connectivity index (χ3n) is 17.8. The first-order chi connectivity index (χ1) is 42.4. The van der Waals surface area contributed by atoms with Crippen molar-refractivity contribution in [3.63, 3.8) is 0 Å². The molecule has 3 heterocycles. The molecule has 23 nitrogen and oxygen atoms in total. The molecule has 0 radical (unpaired) electrons. The van der Waals surface area contributed by atoms with Gasteiger partial charge in [-0.15, -0.1) is 0 Å². The Balaban J connectivity index is 1.57. The van der Waals surface area contributed by atoms with Crippen LogP contribution in [0.25, 0.3) is 0 Å². The van der Waals surface area contributed by atoms with Gasteiger partial charge in [0.25, 0.3) is 5.79 Å². The van der Waals surface area contributed by atoms with Crippen LogP contribution in [0.15, 0.2) is 0 Å². The lowest BCUT2D eigenvalue weighted by Gasteiger charge is -2.50. The van der Waals surface area contributed by atoms with Gasteiger partial charge in [0.15, 0.2) is 12.6 Å². The molecule has 518 valence electrons. The lowest BCUT2D eigenvalue weighted by Crippen LogP contribution is -2.70. The molecule has 18 atom stereocenters. The summed E-state index contributed by atoms with van der Waals surface area (Å²) in [7, 11) is 0. The number of amides is 2. The summed E-state index contributed by atoms with van der Waals surface area (Å²) in [6.07, 6.45) is 12.7. The van der Waals surface area contributed by atoms with E-state index in [9.17, 15) is 75.7 Å². The van der Waals surface area contributed by atoms with E-state index < -0.39 is 148 Å². The van der Waals surface area contributed by atoms with Gasteiger partial charge in [0.1, 0.15) is 67.1 Å². The minimum Gasteiger partial charge on any atom is -0.477 e. The molecular formula is C65H122N2O21. The first-order valence-corrected chi connectivity index (χ1v) is 34.4. The number of carbonyl (C=O) groups excluding carboxylic acids is 2. The topological polar surface area (TPSA) is 373 Å². The summed E-state index contributed by atoms with van der Waals surface area (Å²) >= 11 is 0. The monoisotopic (exact) mass is 1270 g/mol. The van der Waals surface area contributed by atoms with E-state index in [1.807, 2.05) is 0 Å². The van der Waals surface area contributed by atoms with E-state index in [0.717, 1.165) is 58.3 Å². The summed E-state index contributed by atoms with van der Waals surface area (Å²) in [6, 6.07) is -2.52. The third kappa shape index (κ3) is 29.4. The van der Waals surface area contributed by atoms with E-state index >= 15 is 0 Å². The minimum atomic E-state index is -3.08. The quantitative estimate of drug-likeness (QED) is 0.0323. The standard InChI is InChI=1S/C65H122N2O21/c1-4-6-8-10-12-14-16-17-18-19-20-21-22-23-24-25-26-27-29-30-32-34-36-38-47(72)46(67-52(75)39-37-35-33-31-28-15-13-11-9-7-5-2)44-83-62-57(79)56(78)59(51(43-70)85-62)86-63-58(80)61(55(77)50(42-69)84-63)88-65(64(81)82)40-48(73)53(66-45(3)71)60(87-65)54(76)49(74)41-68/h46-51,53-63,68-70,72-74,76-80H,4-44H2,1-3H3,(H,66,71)(H,67,75)(H,81,82). The van der Waals surface area contributed by atoms with E-state index in [2.05, 4.69) is 24.5 Å². The van der Waals surface area contributed by atoms with Crippen LogP contribution < -0.4 is 10.6 Å². The van der Waals surface area contributed by atoms with E-state index in [0.29, 0.717) is 19.3 Å². The van der Waals surface area contributed by atoms with Crippen molar-refractivity contribution in [2.24, 2.45) is 0 Å². The maximum absolute atomic E-state index is 13.4. The molecule has 0 aliphatic carbocycles. The number of rotatable bonds is 52. The lowest BCUT2D eigenvalue weighted by molar-refractivity contribution is -0.386. The molecule has 3 rings (SSSR count). The van der Waals surface area contributed by atoms with Crippen molar-refractivity contribution < 1.29 is 104 Å². The highest BCUT2D eigenvalue weighted by atomic mass is 16.8. The minimum absolute atomic E-state index is 0.228. The molecule has 3 aliphatic rings. The van der Waals surface area contributed by atoms with E-state index in [-0.39, 0.29) is 18.9 Å². The van der Waals surface area contributed by atoms with Gasteiger partial charge in [-0.25, -0.2) is 4.79 Å². The molecule has 3 fully saturated rings. The second-order valence-corrected chi connectivity index (χ2v) is 25.4. The zero-order valence-electron chi connectivity index (χ0n) is 53.8. The highest BCUT2D eigenvalue weighted by molar-refractivity contribution is 5.77. The Labute approximate surface area is 525 Å². The van der Waals surface area contributed by atoms with Crippen molar-refractivity contribution in [1.29, 1.82) is 0 Å². The van der Waals surface area contributed by atoms with Crippen LogP contribution in [0.1, 0.15) is 258 Å². The molecule has 14 N–H and O–H groups in total. The molecule has 3 saturated heterocycles. The number of aliphatic hydroxyl groups excluding tert-OH is 11. The number of carboxylic acid groups (broad SMARTS) is 1. The Hall–Kier alpha value is -2.27. The highest BCUT2D eigenvalue weighted by Gasteiger charge is 2.60. The Morgan fingerprint density at radius 2 is 0.989 bits per heavy atom. The van der Waals surface area contributed by atoms with Crippen LogP contribution in [-0.2, 0) is 42.8 Å². The maximum atomic E-state index is 13.4. The first kappa shape index (κ1) is 80.0. The molecule has 23 heteroatoms. The molecule has 88 heavy (non-hydrogen) atoms. The zero-order valence-corrected chi connectivity index (χ0v) is 53.8. The fourth-order valence-electron chi connectivity index (χ4n) is 12.3. The van der Waals surface area contributed by atoms with E-state index in [4.69, 9.17) is 28.4 Å². The number of hydrogen-bond acceptors (Lipinski definition) is 20. The van der Waals surface area contributed by atoms with Gasteiger partial charge in [0.05, 0.1) is 50.7 Å². The number of aliphatic hydroxyl groups is 11. The number of aliphatic carboxylic acids is 1. The Morgan fingerprint density at radius 3 is 1.42 bits per heavy atom. The average Bonchev–Trinajstić information content (AvgIpc) is 0.926. The van der Waals surface area contributed by atoms with Crippen molar-refractivity contribution in [2.75, 3.05) is 26.4 Å². The van der Waals surface area contributed by atoms with Crippen LogP contribution in [0.2, 0.25) is 0 Å². The smallest absolute Gasteiger partial charge is 0.364 e. The van der Waals surface area contributed by atoms with Gasteiger partial charge in [-0.2, -0.15) is 0 Å². The van der Waals surface area contributed by atoms with Gasteiger partial charge >= 0.3 is 5.97 Å². The van der Waals surface area contributed by atoms with Gasteiger partial charge in [0, 0.05) is 19.8 Å². The number of ether oxygens (including phenoxy) is 6. The maximum Gasteiger partial charge on any atom is 0.364 e. The summed E-state index contributed by atoms with van der Waals surface area (Å²) in [5.41, 5.74) is 0. The van der Waals surface area contributed by atoms with Gasteiger partial charge in [-0.05, 0) is 12.8 Å². The van der Waals surface area contributed by atoms with Crippen LogP contribution in [0.4, 0.5) is 0 Å². The van der Waals surface area contributed by atoms with Crippen LogP contribution in [0, 0.1) is 0 Å². The average molecular weight is 1270 g/mol. The van der Waals surface area contributed by atoms with Crippen LogP contribution >= 0.6 is 0 Å². The second-order valence-electron chi connectivity index (χ2n) is 25.4. The van der Waals surface area contributed by atoms with Gasteiger partial charge in [-0.3, -0.25) is 9.59 Å². The fourth-order valence-corrected chi connectivity index (χ4v) is 12.3. The molecule has 0 aromatic rings. The summed E-state index contributed by atoms with van der Waals surface area (Å²) in [5, 5.41) is 136. The van der Waals surface area contributed by atoms with E-state index in [1.165, 1.54) is 154 Å². The molecule has 18 unspecified atom stereocenters. The largest absolute Gasteiger partial charge is 0.477 e. The molecule has 0 saturated carbocycles. The summed E-state index contributed by atoms with van der Waals surface area (Å²) in [4.78, 5) is 38.5. The Bertz CT molecular complexity index is 1790. The van der Waals surface area contributed by atoms with Crippen molar-refractivity contribution in [3.05, 3.63) is 0 Å². The molecule has 0 spiro atoms. The normalized spacial score (nSPS) is 28.9. The van der Waals surface area contributed by atoms with Crippen molar-refractivity contribution in [1.82, 2.24) is 10.6 Å². The third-order valence-corrected chi connectivity index (χ3v) is 17.8. The van der Waals surface area contributed by atoms with Crippen LogP contribution in [0.5, 0.6) is 0 Å². The first-order valence-electron chi connectivity index (χ1n) is 34.4. The zero-order chi connectivity index (χ0) is 64.7. The molecule has 2 amide bonds. The Morgan fingerprint density at radius 1 is 0.545 bits per heavy atom. The summed E-state index contributed by atoms with van der Waals surface area (Å²) < 4.78 is 34.8. The number of carbonyl (C=O) groups is 3. The molecule has 0 aromatic heterocycles. The predicted molar refractivity (Wildman–Crippen MR) is 329 cm³/mol. The van der Waals surface area contributed by atoms with Crippen LogP contribution in [0.3, 0.4) is 0 Å². The van der Waals surface area contributed by atoms with Crippen LogP contribution in [-0.4, -0.2) is 215 Å². The number of carboxylic acids is 1. The highest BCUT2D eigenvalue weighted by Crippen LogP contribution is 2.39. The Kier molecular flexibility index (Phi) is 42.5. The number of unbranched alkanes of at least 4 members (excludes halogenated alkanes) is 32. The molecule has 0 aromatic carbocycles. The lowest BCUT2D eigenvalue weighted by atomic mass is 9.88. The molecule has 0 bridgehead atoms. The van der Waals surface area contributed by atoms with Gasteiger partial charge in [0.2, 0.25) is 11.8 Å². The van der Waals surface area contributed by atoms with Crippen molar-refractivity contribution >= 4 is 17.8 Å². The number of nitrogens with one attached hydrogen (secondary N) is 2. The predicted octanol–water partition coefficient (Wildman–Crippen LogP) is 5.73. The summed E-state index contributed by atoms with van der Waals surface area (Å²) in [5.74, 6) is -6.09. The second kappa shape index (κ2) is 46.7. The van der Waals surface area contributed by atoms with E-state index in [1.54, 1.807) is 0 Å². The van der Waals surface area contributed by atoms with Gasteiger partial charge < -0.3 is 100 Å². The van der Waals surface area contributed by atoms with Gasteiger partial charge in [-0.1, -0.05) is 226 Å². The number of hydrogen-bond donors (Lipinski definition) is 14. The van der Waals surface area contributed by atoms with Crippen molar-refractivity contribution in [2.45, 2.75) is 368 Å². The molecular weight excluding hydrogens is 1140 g/mol.